The van der Waals surface area contributed by atoms with E-state index in [2.05, 4.69) is 64.5 Å². The molecule has 5 amide bonds. The Hall–Kier alpha value is -12.1. The van der Waals surface area contributed by atoms with Crippen molar-refractivity contribution in [3.8, 4) is 23.3 Å². The number of hydrogen-bond acceptors (Lipinski definition) is 24. The van der Waals surface area contributed by atoms with Crippen molar-refractivity contribution >= 4 is 166 Å². The van der Waals surface area contributed by atoms with E-state index >= 15 is 0 Å². The molecule has 0 spiro atoms. The van der Waals surface area contributed by atoms with Crippen LogP contribution in [0, 0.1) is 80.0 Å². The molecule has 6 aliphatic rings. The van der Waals surface area contributed by atoms with Gasteiger partial charge in [0.25, 0.3) is 11.8 Å². The molecule has 13 N–H and O–H groups in total. The van der Waals surface area contributed by atoms with Crippen LogP contribution in [0.2, 0.25) is 10.0 Å². The van der Waals surface area contributed by atoms with E-state index in [-0.39, 0.29) is 84.9 Å². The Labute approximate surface area is 837 Å². The molecule has 2 saturated heterocycles. The summed E-state index contributed by atoms with van der Waals surface area (Å²) in [5.74, 6) is -15.3. The number of likely N-dealkylation sites (tertiary alicyclic amines) is 1. The number of nitrogens with zero attached hydrogens (tertiary/aromatic N) is 3. The molecular formula is C96H114Cl4F8N12O20S2. The maximum absolute atomic E-state index is 14.9. The predicted molar refractivity (Wildman–Crippen MR) is 523 cm³/mol. The van der Waals surface area contributed by atoms with Crippen LogP contribution in [-0.2, 0) is 63.2 Å². The number of aliphatic carboxylic acids is 3. The van der Waals surface area contributed by atoms with Gasteiger partial charge in [0.15, 0.2) is 46.5 Å². The Balaban J connectivity index is 0.000000261. The number of Topliss-reactive ketones (excluding diaryl/α,β-unsaturated/α-hetero) is 1. The molecule has 3 unspecified atom stereocenters. The molecule has 46 heteroatoms. The number of carboxylic acid groups (broad SMARTS) is 3. The smallest absolute Gasteiger partial charge is 0.372 e. The maximum Gasteiger partial charge on any atom is 0.372 e. The van der Waals surface area contributed by atoms with Crippen molar-refractivity contribution in [1.29, 1.82) is 0 Å². The number of ether oxygens (including phenoxy) is 4. The van der Waals surface area contributed by atoms with Crippen molar-refractivity contribution < 1.29 is 129 Å². The molecule has 0 radical (unpaired) electrons. The number of methoxy groups -OCH3 is 2. The number of carbonyl (C=O) groups excluding carboxylic acids is 6. The Morgan fingerprint density at radius 3 is 1.21 bits per heavy atom. The molecule has 11 atom stereocenters. The minimum absolute atomic E-state index is 0. The molecule has 774 valence electrons. The van der Waals surface area contributed by atoms with E-state index in [0.29, 0.717) is 88.7 Å². The van der Waals surface area contributed by atoms with Crippen LogP contribution in [0.5, 0.6) is 23.3 Å². The summed E-state index contributed by atoms with van der Waals surface area (Å²) in [6.07, 6.45) is 7.48. The Morgan fingerprint density at radius 1 is 0.521 bits per heavy atom. The second kappa shape index (κ2) is 47.4. The van der Waals surface area contributed by atoms with E-state index in [1.54, 1.807) is 133 Å². The molecular weight excluding hydrogens is 2000 g/mol. The molecule has 6 fully saturated rings. The number of hydrogen-bond donors (Lipinski definition) is 12. The SMILES string of the molecule is C=C[C@@H]1C[C@]1(NC(=O)[C@@H]1C[C@@H](Oc2ncc(OC)c3ccc(Cl)cc23)CN1)C(=O)NS(=O)(=O)C1CC1.C=C[C@@H]1C[C@]1(NC(=O)[C@@H]1C[C@@H](Oc2ncc(OC)c3ccc(Cl)cc23)CN1C(=O)C(Nc1cccc(F)c1F)C(C)(C)C)C(=O)NS(=O)(=O)C1CC1.CC(C)(C)C(=O)C(=O)O.CC(C)(C)C(Nc1cccc(F)c1F)C(=O)O.CC(C)(C)C(Nc1cccc(F)c1F)C(=O)O.Cl.Cl.Nc1cccc(F)c1F. The highest BCUT2D eigenvalue weighted by Crippen LogP contribution is 2.48. The van der Waals surface area contributed by atoms with E-state index in [1.807, 2.05) is 6.07 Å². The number of ketones is 1. The lowest BCUT2D eigenvalue weighted by atomic mass is 9.85. The summed E-state index contributed by atoms with van der Waals surface area (Å²) >= 11 is 12.5. The van der Waals surface area contributed by atoms with Gasteiger partial charge in [-0.05, 0) is 140 Å². The van der Waals surface area contributed by atoms with Crippen LogP contribution in [0.1, 0.15) is 134 Å². The number of amides is 5. The van der Waals surface area contributed by atoms with Gasteiger partial charge in [0.1, 0.15) is 59.0 Å². The molecule has 6 aromatic carbocycles. The summed E-state index contributed by atoms with van der Waals surface area (Å²) in [7, 11) is -4.61. The standard InChI is InChI=1S/C36H40ClF2N5O7S.C24H27ClN4O6S.2C12H15F2NO2.C6H5F2N.C6H10O3.2ClH/c1-6-19-16-36(19,34(47)43-52(48,49)22-11-12-22)42-31(45)27-15-21(51-32-24-14-20(37)10-13-23(24)28(50-5)17-40-32)18-44(27)33(46)30(35(2,3)4)41-26-9-7-8-25(38)29(26)39;1-3-13-10-24(13,23(31)29-36(32,33)16-5-6-16)28-21(30)19-9-15(11-26-19)35-22-18-8-14(25)4-7-17(18)20(34-2)12-27-22;2*1-12(2,3)10(11(16)17)15-8-6-4-5-7(13)9(8)14;7-4-2-1-3-5(9)6(4)8;1-6(2,3)4(7)5(8)9;;/h6-10,13-14,17,19,21-22,27,30,41H,1,11-12,15-16,18H2,2-5H3,(H,42,45)(H,43,47);3-4,7-8,12-13,15-16,19,26H,1,5-6,9-11H2,2H3,(H,28,30)(H,29,31);2*4-6,10,15H,1-3H3,(H,16,17);1-3H,9H2;1-3H3,(H,8,9);2*1H/t19-,21-,27+,30?,36-;13-,15-,19+,24-;;;;;;/m11....../s1. The van der Waals surface area contributed by atoms with Gasteiger partial charge in [-0.25, -0.2) is 76.3 Å². The lowest BCUT2D eigenvalue weighted by molar-refractivity contribution is -0.152. The monoisotopic (exact) mass is 2110 g/mol. The number of nitrogens with two attached hydrogens (primary N) is 1. The molecule has 4 saturated carbocycles. The molecule has 32 nitrogen and oxygen atoms in total. The number of halogens is 12. The maximum atomic E-state index is 14.9. The molecule has 142 heavy (non-hydrogen) atoms. The number of pyridine rings is 2. The van der Waals surface area contributed by atoms with Crippen LogP contribution in [0.3, 0.4) is 0 Å². The van der Waals surface area contributed by atoms with Crippen LogP contribution < -0.4 is 66.0 Å². The molecule has 8 aromatic rings. The minimum Gasteiger partial charge on any atom is -0.494 e. The number of rotatable bonds is 28. The van der Waals surface area contributed by atoms with Crippen molar-refractivity contribution in [2.45, 2.75) is 198 Å². The fraction of sp³-hybridized carbons (Fsp3) is 0.427. The van der Waals surface area contributed by atoms with E-state index in [4.69, 9.17) is 63.2 Å². The molecule has 2 aliphatic heterocycles. The number of nitrogens with one attached hydrogen (secondary N) is 8. The lowest BCUT2D eigenvalue weighted by Gasteiger charge is -2.36. The van der Waals surface area contributed by atoms with E-state index in [0.717, 1.165) is 29.7 Å². The summed E-state index contributed by atoms with van der Waals surface area (Å²) in [6.45, 7) is 27.8. The highest BCUT2D eigenvalue weighted by atomic mass is 35.5. The van der Waals surface area contributed by atoms with Crippen LogP contribution in [0.15, 0.2) is 147 Å². The van der Waals surface area contributed by atoms with Crippen molar-refractivity contribution in [1.82, 2.24) is 40.3 Å². The third kappa shape index (κ3) is 29.4. The Morgan fingerprint density at radius 2 is 0.887 bits per heavy atom. The highest BCUT2D eigenvalue weighted by Gasteiger charge is 2.63. The van der Waals surface area contributed by atoms with E-state index in [1.165, 1.54) is 72.8 Å². The number of fused-ring (bicyclic) bond motifs is 2. The van der Waals surface area contributed by atoms with E-state index in [9.17, 15) is 95.1 Å². The second-order valence-electron chi connectivity index (χ2n) is 38.3. The molecule has 0 bridgehead atoms. The number of aromatic nitrogens is 2. The van der Waals surface area contributed by atoms with Crippen LogP contribution >= 0.6 is 48.0 Å². The summed E-state index contributed by atoms with van der Waals surface area (Å²) in [6, 6.07) is 19.8. The third-order valence-corrected chi connectivity index (χ3v) is 27.4. The highest BCUT2D eigenvalue weighted by molar-refractivity contribution is 7.91. The second-order valence-corrected chi connectivity index (χ2v) is 43.1. The first kappa shape index (κ1) is 117. The van der Waals surface area contributed by atoms with Gasteiger partial charge < -0.3 is 76.8 Å². The molecule has 14 rings (SSSR count). The summed E-state index contributed by atoms with van der Waals surface area (Å²) in [5, 5.41) is 45.2. The van der Waals surface area contributed by atoms with Crippen molar-refractivity contribution in [2.24, 2.45) is 33.5 Å². The zero-order valence-electron chi connectivity index (χ0n) is 79.7. The number of sulfonamides is 2. The minimum atomic E-state index is -3.93. The van der Waals surface area contributed by atoms with Gasteiger partial charge in [-0.15, -0.1) is 38.0 Å². The molecule has 4 heterocycles. The van der Waals surface area contributed by atoms with Crippen molar-refractivity contribution in [2.75, 3.05) is 49.0 Å². The first-order valence-corrected chi connectivity index (χ1v) is 47.7. The lowest BCUT2D eigenvalue weighted by Crippen LogP contribution is -2.58. The van der Waals surface area contributed by atoms with Crippen LogP contribution in [0.4, 0.5) is 57.9 Å². The average molecular weight is 2110 g/mol. The van der Waals surface area contributed by atoms with Crippen LogP contribution in [0.25, 0.3) is 21.5 Å². The van der Waals surface area contributed by atoms with Gasteiger partial charge in [0.2, 0.25) is 55.3 Å². The summed E-state index contributed by atoms with van der Waals surface area (Å²) in [4.78, 5) is 121. The number of carboxylic acids is 3. The molecule has 4 aliphatic carbocycles. The summed E-state index contributed by atoms with van der Waals surface area (Å²) in [5.41, 5.74) is -1.49. The van der Waals surface area contributed by atoms with Gasteiger partial charge in [-0.1, -0.05) is 143 Å². The first-order chi connectivity index (χ1) is 65.2. The fourth-order valence-corrected chi connectivity index (χ4v) is 17.9. The number of carbonyl (C=O) groups is 9. The third-order valence-electron chi connectivity index (χ3n) is 23.3. The normalized spacial score (nSPS) is 20.0. The average Bonchev–Trinajstić information content (AvgIpc) is 1.57. The number of anilines is 4. The van der Waals surface area contributed by atoms with Crippen LogP contribution in [-0.4, -0.2) is 192 Å². The number of benzene rings is 6. The Kier molecular flexibility index (Phi) is 39.0. The van der Waals surface area contributed by atoms with Crippen molar-refractivity contribution in [3.05, 3.63) is 203 Å². The summed E-state index contributed by atoms with van der Waals surface area (Å²) < 4.78 is 184. The zero-order chi connectivity index (χ0) is 104. The van der Waals surface area contributed by atoms with Gasteiger partial charge in [0.05, 0.1) is 72.4 Å². The fourth-order valence-electron chi connectivity index (χ4n) is 14.8. The number of nitrogen functional groups attached to an aromatic ring is 1. The van der Waals surface area contributed by atoms with Gasteiger partial charge in [-0.3, -0.25) is 38.2 Å². The van der Waals surface area contributed by atoms with Gasteiger partial charge in [0, 0.05) is 68.2 Å². The zero-order valence-corrected chi connectivity index (χ0v) is 84.4. The predicted octanol–water partition coefficient (Wildman–Crippen LogP) is 15.2. The van der Waals surface area contributed by atoms with E-state index < -0.39 is 205 Å². The molecule has 2 aromatic heterocycles. The Bertz CT molecular complexity index is 6190. The topological polar surface area (TPSA) is 471 Å². The van der Waals surface area contributed by atoms with Gasteiger partial charge in [-0.2, -0.15) is 0 Å². The first-order valence-electron chi connectivity index (χ1n) is 43.9. The largest absolute Gasteiger partial charge is 0.494 e. The van der Waals surface area contributed by atoms with Gasteiger partial charge >= 0.3 is 17.9 Å². The van der Waals surface area contributed by atoms with Crippen molar-refractivity contribution in [3.63, 3.8) is 0 Å². The quantitative estimate of drug-likeness (QED) is 0.00938.